The molecule has 9 heteroatoms. The highest BCUT2D eigenvalue weighted by molar-refractivity contribution is 6.03. The van der Waals surface area contributed by atoms with Crippen molar-refractivity contribution in [3.8, 4) is 5.75 Å². The Hall–Kier alpha value is -2.58. The lowest BCUT2D eigenvalue weighted by molar-refractivity contribution is -0.274. The first-order valence-corrected chi connectivity index (χ1v) is 7.91. The lowest BCUT2D eigenvalue weighted by Gasteiger charge is -2.17. The minimum Gasteiger partial charge on any atom is -0.408 e. The van der Waals surface area contributed by atoms with Gasteiger partial charge in [-0.15, -0.1) is 18.3 Å². The summed E-state index contributed by atoms with van der Waals surface area (Å²) < 4.78 is 45.6. The largest absolute Gasteiger partial charge is 0.573 e. The van der Waals surface area contributed by atoms with E-state index in [1.165, 1.54) is 18.6 Å². The van der Waals surface area contributed by atoms with Gasteiger partial charge in [0.2, 0.25) is 5.89 Å². The number of benzene rings is 1. The van der Waals surface area contributed by atoms with Gasteiger partial charge in [0.25, 0.3) is 5.91 Å². The molecule has 0 saturated heterocycles. The van der Waals surface area contributed by atoms with Crippen LogP contribution in [-0.4, -0.2) is 22.5 Å². The van der Waals surface area contributed by atoms with E-state index in [9.17, 15) is 18.0 Å². The number of anilines is 1. The monoisotopic (exact) mass is 355 g/mol. The molecule has 0 atom stereocenters. The van der Waals surface area contributed by atoms with E-state index < -0.39 is 18.0 Å². The van der Waals surface area contributed by atoms with Crippen LogP contribution in [0.25, 0.3) is 0 Å². The van der Waals surface area contributed by atoms with Crippen LogP contribution in [0.3, 0.4) is 0 Å². The van der Waals surface area contributed by atoms with Crippen LogP contribution in [0.2, 0.25) is 0 Å². The Bertz CT molecular complexity index is 722. The Morgan fingerprint density at radius 1 is 1.12 bits per heavy atom. The van der Waals surface area contributed by atoms with Crippen molar-refractivity contribution in [2.75, 3.05) is 5.32 Å². The minimum atomic E-state index is -4.77. The van der Waals surface area contributed by atoms with Crippen molar-refractivity contribution in [2.24, 2.45) is 0 Å². The molecule has 134 valence electrons. The van der Waals surface area contributed by atoms with Gasteiger partial charge in [-0.3, -0.25) is 10.1 Å². The summed E-state index contributed by atoms with van der Waals surface area (Å²) in [6.07, 6.45) is 0.611. The first-order chi connectivity index (χ1) is 11.9. The second-order valence-electron chi connectivity index (χ2n) is 5.81. The molecule has 1 aliphatic carbocycles. The fourth-order valence-corrected chi connectivity index (χ4v) is 2.78. The third-order valence-electron chi connectivity index (χ3n) is 3.97. The third kappa shape index (κ3) is 4.71. The second kappa shape index (κ2) is 7.12. The maximum atomic E-state index is 12.1. The normalized spacial score (nSPS) is 15.8. The van der Waals surface area contributed by atoms with Crippen molar-refractivity contribution in [3.63, 3.8) is 0 Å². The Morgan fingerprint density at radius 2 is 1.80 bits per heavy atom. The molecular weight excluding hydrogens is 339 g/mol. The molecular formula is C16H16F3N3O3. The van der Waals surface area contributed by atoms with Gasteiger partial charge in [-0.25, -0.2) is 0 Å². The van der Waals surface area contributed by atoms with Crippen molar-refractivity contribution >= 4 is 11.9 Å². The molecule has 1 N–H and O–H groups in total. The average molecular weight is 355 g/mol. The number of alkyl halides is 3. The Morgan fingerprint density at radius 3 is 2.44 bits per heavy atom. The number of carbonyl (C=O) groups is 1. The summed E-state index contributed by atoms with van der Waals surface area (Å²) in [5.41, 5.74) is 0.145. The highest BCUT2D eigenvalue weighted by Gasteiger charge is 2.31. The number of ether oxygens (including phenoxy) is 1. The lowest BCUT2D eigenvalue weighted by atomic mass is 9.89. The fourth-order valence-electron chi connectivity index (χ4n) is 2.78. The van der Waals surface area contributed by atoms with E-state index in [0.29, 0.717) is 5.89 Å². The topological polar surface area (TPSA) is 77.3 Å². The van der Waals surface area contributed by atoms with Crippen molar-refractivity contribution < 1.29 is 27.1 Å². The summed E-state index contributed by atoms with van der Waals surface area (Å²) in [5.74, 6) is -0.242. The number of amides is 1. The van der Waals surface area contributed by atoms with Crippen LogP contribution in [0.1, 0.15) is 54.3 Å². The molecule has 1 aliphatic rings. The SMILES string of the molecule is O=C(Nc1nnc(C2CCCCC2)o1)c1ccc(OC(F)(F)F)cc1. The van der Waals surface area contributed by atoms with E-state index in [1.54, 1.807) is 0 Å². The predicted molar refractivity (Wildman–Crippen MR) is 81.2 cm³/mol. The lowest BCUT2D eigenvalue weighted by Crippen LogP contribution is -2.17. The van der Waals surface area contributed by atoms with Crippen LogP contribution >= 0.6 is 0 Å². The van der Waals surface area contributed by atoms with Crippen LogP contribution in [-0.2, 0) is 0 Å². The van der Waals surface area contributed by atoms with Gasteiger partial charge in [-0.2, -0.15) is 0 Å². The standard InChI is InChI=1S/C16H16F3N3O3/c17-16(18,19)25-12-8-6-10(7-9-12)13(23)20-15-22-21-14(24-15)11-4-2-1-3-5-11/h6-9,11H,1-5H2,(H,20,22,23). The summed E-state index contributed by atoms with van der Waals surface area (Å²) >= 11 is 0. The predicted octanol–water partition coefficient (Wildman–Crippen LogP) is 4.27. The molecule has 0 unspecified atom stereocenters. The van der Waals surface area contributed by atoms with Gasteiger partial charge in [0.1, 0.15) is 5.75 Å². The molecule has 6 nitrogen and oxygen atoms in total. The molecule has 1 amide bonds. The van der Waals surface area contributed by atoms with Gasteiger partial charge in [0.05, 0.1) is 0 Å². The Balaban J connectivity index is 1.61. The van der Waals surface area contributed by atoms with Crippen molar-refractivity contribution in [1.29, 1.82) is 0 Å². The molecule has 2 aromatic rings. The summed E-state index contributed by atoms with van der Waals surface area (Å²) in [4.78, 5) is 12.1. The minimum absolute atomic E-state index is 0.0267. The second-order valence-corrected chi connectivity index (χ2v) is 5.81. The Labute approximate surface area is 141 Å². The van der Waals surface area contributed by atoms with E-state index >= 15 is 0 Å². The Kier molecular flexibility index (Phi) is 4.91. The molecule has 1 heterocycles. The van der Waals surface area contributed by atoms with Crippen molar-refractivity contribution in [1.82, 2.24) is 10.2 Å². The molecule has 25 heavy (non-hydrogen) atoms. The number of nitrogens with one attached hydrogen (secondary N) is 1. The summed E-state index contributed by atoms with van der Waals surface area (Å²) in [7, 11) is 0. The molecule has 1 fully saturated rings. The zero-order valence-corrected chi connectivity index (χ0v) is 13.2. The molecule has 0 bridgehead atoms. The van der Waals surface area contributed by atoms with Gasteiger partial charge >= 0.3 is 12.4 Å². The van der Waals surface area contributed by atoms with Crippen molar-refractivity contribution in [3.05, 3.63) is 35.7 Å². The number of hydrogen-bond acceptors (Lipinski definition) is 5. The van der Waals surface area contributed by atoms with E-state index in [0.717, 1.165) is 37.8 Å². The van der Waals surface area contributed by atoms with Crippen LogP contribution in [0, 0.1) is 0 Å². The average Bonchev–Trinajstić information content (AvgIpc) is 3.03. The van der Waals surface area contributed by atoms with Crippen LogP contribution in [0.15, 0.2) is 28.7 Å². The number of halogens is 3. The highest BCUT2D eigenvalue weighted by Crippen LogP contribution is 2.32. The number of hydrogen-bond donors (Lipinski definition) is 1. The van der Waals surface area contributed by atoms with Gasteiger partial charge < -0.3 is 9.15 Å². The highest BCUT2D eigenvalue weighted by atomic mass is 19.4. The zero-order chi connectivity index (χ0) is 17.9. The number of aromatic nitrogens is 2. The third-order valence-corrected chi connectivity index (χ3v) is 3.97. The van der Waals surface area contributed by atoms with Gasteiger partial charge in [0.15, 0.2) is 0 Å². The summed E-state index contributed by atoms with van der Waals surface area (Å²) in [6.45, 7) is 0. The van der Waals surface area contributed by atoms with Gasteiger partial charge in [-0.1, -0.05) is 24.4 Å². The summed E-state index contributed by atoms with van der Waals surface area (Å²) in [6, 6.07) is 4.53. The molecule has 0 radical (unpaired) electrons. The van der Waals surface area contributed by atoms with Gasteiger partial charge in [-0.05, 0) is 37.1 Å². The number of carbonyl (C=O) groups excluding carboxylic acids is 1. The van der Waals surface area contributed by atoms with Gasteiger partial charge in [0, 0.05) is 11.5 Å². The first-order valence-electron chi connectivity index (χ1n) is 7.91. The molecule has 1 aromatic heterocycles. The quantitative estimate of drug-likeness (QED) is 0.886. The van der Waals surface area contributed by atoms with E-state index in [1.807, 2.05) is 0 Å². The van der Waals surface area contributed by atoms with Crippen LogP contribution in [0.4, 0.5) is 19.2 Å². The smallest absolute Gasteiger partial charge is 0.408 e. The van der Waals surface area contributed by atoms with Crippen LogP contribution < -0.4 is 10.1 Å². The van der Waals surface area contributed by atoms with E-state index in [-0.39, 0.29) is 17.5 Å². The maximum absolute atomic E-state index is 12.1. The molecule has 1 saturated carbocycles. The molecule has 3 rings (SSSR count). The first kappa shape index (κ1) is 17.2. The van der Waals surface area contributed by atoms with E-state index in [4.69, 9.17) is 4.42 Å². The zero-order valence-electron chi connectivity index (χ0n) is 13.2. The molecule has 1 aromatic carbocycles. The number of nitrogens with zero attached hydrogens (tertiary/aromatic N) is 2. The molecule has 0 aliphatic heterocycles. The van der Waals surface area contributed by atoms with Crippen molar-refractivity contribution in [2.45, 2.75) is 44.4 Å². The maximum Gasteiger partial charge on any atom is 0.573 e. The summed E-state index contributed by atoms with van der Waals surface area (Å²) in [5, 5.41) is 10.2. The molecule has 0 spiro atoms. The fraction of sp³-hybridized carbons (Fsp3) is 0.438. The number of rotatable bonds is 4. The van der Waals surface area contributed by atoms with Crippen LogP contribution in [0.5, 0.6) is 5.75 Å². The van der Waals surface area contributed by atoms with E-state index in [2.05, 4.69) is 20.3 Å².